The van der Waals surface area contributed by atoms with Crippen molar-refractivity contribution in [1.29, 1.82) is 0 Å². The lowest BCUT2D eigenvalue weighted by Crippen LogP contribution is -2.03. The molecule has 16 heavy (non-hydrogen) atoms. The van der Waals surface area contributed by atoms with Crippen LogP contribution in [0.5, 0.6) is 0 Å². The van der Waals surface area contributed by atoms with Gasteiger partial charge < -0.3 is 5.11 Å². The number of aliphatic carboxylic acids is 1. The average Bonchev–Trinajstić information content (AvgIpc) is 2.22. The fourth-order valence-corrected chi connectivity index (χ4v) is 1.23. The molecule has 0 saturated heterocycles. The third-order valence-corrected chi connectivity index (χ3v) is 2.01. The molecule has 0 heterocycles. The van der Waals surface area contributed by atoms with Crippen molar-refractivity contribution in [2.75, 3.05) is 0 Å². The minimum absolute atomic E-state index is 0.0246. The van der Waals surface area contributed by atoms with Gasteiger partial charge in [-0.05, 0) is 24.5 Å². The summed E-state index contributed by atoms with van der Waals surface area (Å²) < 4.78 is 51.0. The van der Waals surface area contributed by atoms with Gasteiger partial charge in [-0.1, -0.05) is 0 Å². The first-order chi connectivity index (χ1) is 7.43. The van der Waals surface area contributed by atoms with Crippen LogP contribution >= 0.6 is 0 Å². The molecule has 0 radical (unpaired) electrons. The third-order valence-electron chi connectivity index (χ3n) is 2.01. The Bertz CT molecular complexity index is 418. The Balaban J connectivity index is 2.85. The number of aryl methyl sites for hydroxylation is 1. The summed E-state index contributed by atoms with van der Waals surface area (Å²) in [6.07, 6.45) is -0.386. The maximum atomic E-state index is 13.0. The van der Waals surface area contributed by atoms with Crippen LogP contribution in [0.25, 0.3) is 0 Å². The van der Waals surface area contributed by atoms with E-state index >= 15 is 0 Å². The zero-order valence-corrected chi connectivity index (χ0v) is 8.07. The molecule has 0 saturated carbocycles. The van der Waals surface area contributed by atoms with Crippen molar-refractivity contribution >= 4 is 5.97 Å². The second-order valence-electron chi connectivity index (χ2n) is 3.21. The molecule has 0 aliphatic rings. The van der Waals surface area contributed by atoms with E-state index in [-0.39, 0.29) is 24.8 Å². The molecule has 0 atom stereocenters. The van der Waals surface area contributed by atoms with Crippen LogP contribution in [0, 0.1) is 23.3 Å². The predicted molar refractivity (Wildman–Crippen MR) is 46.8 cm³/mol. The number of carboxylic acid groups (broad SMARTS) is 1. The molecule has 0 amide bonds. The molecule has 0 fully saturated rings. The number of halogens is 4. The lowest BCUT2D eigenvalue weighted by molar-refractivity contribution is -0.137. The summed E-state index contributed by atoms with van der Waals surface area (Å²) >= 11 is 0. The SMILES string of the molecule is O=C(O)CCCc1cc(F)c(F)c(F)c1F. The summed E-state index contributed by atoms with van der Waals surface area (Å²) in [5, 5.41) is 8.31. The van der Waals surface area contributed by atoms with Crippen LogP contribution < -0.4 is 0 Å². The van der Waals surface area contributed by atoms with Crippen LogP contribution in [0.15, 0.2) is 6.07 Å². The Morgan fingerprint density at radius 2 is 1.75 bits per heavy atom. The van der Waals surface area contributed by atoms with Crippen LogP contribution in [0.4, 0.5) is 17.6 Å². The van der Waals surface area contributed by atoms with Gasteiger partial charge in [0.1, 0.15) is 0 Å². The van der Waals surface area contributed by atoms with E-state index in [1.54, 1.807) is 0 Å². The second kappa shape index (κ2) is 4.96. The molecule has 1 N–H and O–H groups in total. The molecule has 88 valence electrons. The summed E-state index contributed by atoms with van der Waals surface area (Å²) in [6, 6.07) is 0.537. The zero-order chi connectivity index (χ0) is 12.3. The fourth-order valence-electron chi connectivity index (χ4n) is 1.23. The Labute approximate surface area is 88.5 Å². The van der Waals surface area contributed by atoms with Gasteiger partial charge in [0.05, 0.1) is 0 Å². The number of rotatable bonds is 4. The molecular weight excluding hydrogens is 228 g/mol. The van der Waals surface area contributed by atoms with E-state index in [0.717, 1.165) is 0 Å². The van der Waals surface area contributed by atoms with Crippen LogP contribution in [-0.4, -0.2) is 11.1 Å². The Morgan fingerprint density at radius 3 is 2.31 bits per heavy atom. The van der Waals surface area contributed by atoms with E-state index in [1.165, 1.54) is 0 Å². The second-order valence-corrected chi connectivity index (χ2v) is 3.21. The van der Waals surface area contributed by atoms with E-state index in [2.05, 4.69) is 0 Å². The standard InChI is InChI=1S/C10H8F4O2/c11-6-4-5(2-1-3-7(15)16)8(12)10(14)9(6)13/h4H,1-3H2,(H,15,16). The highest BCUT2D eigenvalue weighted by Gasteiger charge is 2.18. The van der Waals surface area contributed by atoms with Gasteiger partial charge in [-0.25, -0.2) is 17.6 Å². The minimum Gasteiger partial charge on any atom is -0.481 e. The van der Waals surface area contributed by atoms with Crippen molar-refractivity contribution in [1.82, 2.24) is 0 Å². The zero-order valence-electron chi connectivity index (χ0n) is 8.07. The molecule has 0 aliphatic heterocycles. The number of hydrogen-bond acceptors (Lipinski definition) is 1. The van der Waals surface area contributed by atoms with E-state index in [1.807, 2.05) is 0 Å². The lowest BCUT2D eigenvalue weighted by atomic mass is 10.1. The quantitative estimate of drug-likeness (QED) is 0.495. The molecule has 0 bridgehead atoms. The topological polar surface area (TPSA) is 37.3 Å². The molecule has 2 nitrogen and oxygen atoms in total. The number of carboxylic acids is 1. The lowest BCUT2D eigenvalue weighted by Gasteiger charge is -2.04. The molecule has 0 unspecified atom stereocenters. The Kier molecular flexibility index (Phi) is 3.87. The third kappa shape index (κ3) is 2.71. The van der Waals surface area contributed by atoms with E-state index in [4.69, 9.17) is 5.11 Å². The number of hydrogen-bond donors (Lipinski definition) is 1. The number of carbonyl (C=O) groups is 1. The molecule has 0 spiro atoms. The molecule has 1 rings (SSSR count). The molecule has 1 aromatic carbocycles. The maximum absolute atomic E-state index is 13.0. The Morgan fingerprint density at radius 1 is 1.12 bits per heavy atom. The van der Waals surface area contributed by atoms with E-state index < -0.39 is 29.2 Å². The van der Waals surface area contributed by atoms with Gasteiger partial charge in [-0.3, -0.25) is 4.79 Å². The first-order valence-electron chi connectivity index (χ1n) is 4.47. The van der Waals surface area contributed by atoms with E-state index in [9.17, 15) is 22.4 Å². The van der Waals surface area contributed by atoms with Gasteiger partial charge in [0.25, 0.3) is 0 Å². The first-order valence-corrected chi connectivity index (χ1v) is 4.47. The van der Waals surface area contributed by atoms with Crippen LogP contribution in [0.3, 0.4) is 0 Å². The van der Waals surface area contributed by atoms with Crippen molar-refractivity contribution in [2.24, 2.45) is 0 Å². The van der Waals surface area contributed by atoms with Gasteiger partial charge in [-0.2, -0.15) is 0 Å². The van der Waals surface area contributed by atoms with Gasteiger partial charge in [0, 0.05) is 6.42 Å². The molecular formula is C10H8F4O2. The first kappa shape index (κ1) is 12.5. The van der Waals surface area contributed by atoms with Gasteiger partial charge >= 0.3 is 5.97 Å². The Hall–Kier alpha value is -1.59. The van der Waals surface area contributed by atoms with Gasteiger partial charge in [0.15, 0.2) is 23.3 Å². The monoisotopic (exact) mass is 236 g/mol. The van der Waals surface area contributed by atoms with Gasteiger partial charge in [-0.15, -0.1) is 0 Å². The summed E-state index contributed by atoms with van der Waals surface area (Å²) in [6.45, 7) is 0. The highest BCUT2D eigenvalue weighted by atomic mass is 19.2. The van der Waals surface area contributed by atoms with Gasteiger partial charge in [0.2, 0.25) is 0 Å². The predicted octanol–water partition coefficient (Wildman–Crippen LogP) is 2.65. The fraction of sp³-hybridized carbons (Fsp3) is 0.300. The average molecular weight is 236 g/mol. The summed E-state index contributed by atoms with van der Waals surface area (Å²) in [5.41, 5.74) is -0.363. The smallest absolute Gasteiger partial charge is 0.303 e. The van der Waals surface area contributed by atoms with Crippen LogP contribution in [0.2, 0.25) is 0 Å². The normalized spacial score (nSPS) is 10.5. The molecule has 1 aromatic rings. The van der Waals surface area contributed by atoms with Crippen molar-refractivity contribution < 1.29 is 27.5 Å². The van der Waals surface area contributed by atoms with Crippen molar-refractivity contribution in [3.05, 3.63) is 34.9 Å². The summed E-state index contributed by atoms with van der Waals surface area (Å²) in [4.78, 5) is 10.2. The largest absolute Gasteiger partial charge is 0.481 e. The maximum Gasteiger partial charge on any atom is 0.303 e. The minimum atomic E-state index is -1.87. The van der Waals surface area contributed by atoms with Crippen LogP contribution in [-0.2, 0) is 11.2 Å². The molecule has 6 heteroatoms. The molecule has 0 aromatic heterocycles. The summed E-state index contributed by atoms with van der Waals surface area (Å²) in [7, 11) is 0. The molecule has 0 aliphatic carbocycles. The highest BCUT2D eigenvalue weighted by Crippen LogP contribution is 2.20. The summed E-state index contributed by atoms with van der Waals surface area (Å²) in [5.74, 6) is -7.78. The van der Waals surface area contributed by atoms with Crippen molar-refractivity contribution in [3.63, 3.8) is 0 Å². The van der Waals surface area contributed by atoms with E-state index in [0.29, 0.717) is 6.07 Å². The van der Waals surface area contributed by atoms with Crippen LogP contribution in [0.1, 0.15) is 18.4 Å². The number of benzene rings is 1. The van der Waals surface area contributed by atoms with Crippen molar-refractivity contribution in [3.8, 4) is 0 Å². The van der Waals surface area contributed by atoms with Crippen molar-refractivity contribution in [2.45, 2.75) is 19.3 Å². The highest BCUT2D eigenvalue weighted by molar-refractivity contribution is 5.66.